The van der Waals surface area contributed by atoms with Crippen molar-refractivity contribution in [2.24, 2.45) is 0 Å². The van der Waals surface area contributed by atoms with Gasteiger partial charge in [0.25, 0.3) is 0 Å². The van der Waals surface area contributed by atoms with Crippen molar-refractivity contribution in [3.8, 4) is 0 Å². The van der Waals surface area contributed by atoms with Gasteiger partial charge in [0.2, 0.25) is 10.0 Å². The molecule has 100 valence electrons. The summed E-state index contributed by atoms with van der Waals surface area (Å²) in [7, 11) is -4.22. The zero-order valence-electron chi connectivity index (χ0n) is 9.57. The predicted octanol–water partition coefficient (Wildman–Crippen LogP) is 1.35. The molecule has 18 heavy (non-hydrogen) atoms. The Labute approximate surface area is 102 Å². The molecule has 0 aromatic heterocycles. The van der Waals surface area contributed by atoms with Crippen LogP contribution in [0, 0.1) is 11.6 Å². The monoisotopic (exact) mass is 279 g/mol. The summed E-state index contributed by atoms with van der Waals surface area (Å²) in [5, 5.41) is 8.62. The molecule has 0 bridgehead atoms. The molecule has 0 fully saturated rings. The molecule has 8 heteroatoms. The zero-order chi connectivity index (χ0) is 14.1. The number of hydrogen-bond donors (Lipinski definition) is 2. The second-order valence-corrected chi connectivity index (χ2v) is 5.50. The van der Waals surface area contributed by atoms with Crippen molar-refractivity contribution in [2.45, 2.75) is 24.8 Å². The summed E-state index contributed by atoms with van der Waals surface area (Å²) in [6.45, 7) is 3.02. The van der Waals surface area contributed by atoms with Crippen LogP contribution in [0.1, 0.15) is 24.2 Å². The van der Waals surface area contributed by atoms with Gasteiger partial charge in [0.1, 0.15) is 16.3 Å². The molecule has 2 N–H and O–H groups in total. The molecule has 0 aliphatic carbocycles. The van der Waals surface area contributed by atoms with Crippen LogP contribution < -0.4 is 4.72 Å². The first kappa shape index (κ1) is 14.5. The molecular weight excluding hydrogens is 268 g/mol. The Kier molecular flexibility index (Phi) is 4.02. The van der Waals surface area contributed by atoms with Gasteiger partial charge in [-0.2, -0.15) is 0 Å². The van der Waals surface area contributed by atoms with Crippen LogP contribution in [0.3, 0.4) is 0 Å². The van der Waals surface area contributed by atoms with Gasteiger partial charge in [-0.15, -0.1) is 0 Å². The largest absolute Gasteiger partial charge is 0.477 e. The second-order valence-electron chi connectivity index (χ2n) is 3.82. The standard InChI is InChI=1S/C10H11F2NO4S/c1-5(2)13-18(16,17)7-4-3-6(11)8(9(7)12)10(14)15/h3-5,13H,1-2H3,(H,14,15). The van der Waals surface area contributed by atoms with E-state index in [0.717, 1.165) is 0 Å². The van der Waals surface area contributed by atoms with E-state index in [1.807, 2.05) is 0 Å². The van der Waals surface area contributed by atoms with E-state index in [-0.39, 0.29) is 0 Å². The third kappa shape index (κ3) is 2.82. The van der Waals surface area contributed by atoms with Crippen molar-refractivity contribution in [3.05, 3.63) is 29.3 Å². The highest BCUT2D eigenvalue weighted by molar-refractivity contribution is 7.89. The predicted molar refractivity (Wildman–Crippen MR) is 58.8 cm³/mol. The molecule has 0 spiro atoms. The Morgan fingerprint density at radius 3 is 2.33 bits per heavy atom. The fourth-order valence-electron chi connectivity index (χ4n) is 1.31. The second kappa shape index (κ2) is 4.99. The lowest BCUT2D eigenvalue weighted by molar-refractivity contribution is 0.0685. The maximum Gasteiger partial charge on any atom is 0.341 e. The average molecular weight is 279 g/mol. The van der Waals surface area contributed by atoms with Crippen molar-refractivity contribution < 1.29 is 27.1 Å². The first-order valence-electron chi connectivity index (χ1n) is 4.90. The highest BCUT2D eigenvalue weighted by atomic mass is 32.2. The third-order valence-corrected chi connectivity index (χ3v) is 3.63. The SMILES string of the molecule is CC(C)NS(=O)(=O)c1ccc(F)c(C(=O)O)c1F. The van der Waals surface area contributed by atoms with Gasteiger partial charge in [-0.05, 0) is 26.0 Å². The first-order chi connectivity index (χ1) is 8.16. The summed E-state index contributed by atoms with van der Waals surface area (Å²) >= 11 is 0. The molecule has 0 saturated heterocycles. The molecule has 0 aliphatic heterocycles. The minimum absolute atomic E-state index is 0.507. The minimum atomic E-state index is -4.22. The lowest BCUT2D eigenvalue weighted by atomic mass is 10.2. The summed E-state index contributed by atoms with van der Waals surface area (Å²) in [5.41, 5.74) is -1.29. The summed E-state index contributed by atoms with van der Waals surface area (Å²) in [5.74, 6) is -4.81. The van der Waals surface area contributed by atoms with Crippen molar-refractivity contribution in [1.82, 2.24) is 4.72 Å². The lowest BCUT2D eigenvalue weighted by Crippen LogP contribution is -2.31. The van der Waals surface area contributed by atoms with Gasteiger partial charge in [0, 0.05) is 6.04 Å². The van der Waals surface area contributed by atoms with Crippen LogP contribution in [0.4, 0.5) is 8.78 Å². The molecule has 5 nitrogen and oxygen atoms in total. The van der Waals surface area contributed by atoms with Crippen molar-refractivity contribution in [1.29, 1.82) is 0 Å². The molecule has 0 atom stereocenters. The topological polar surface area (TPSA) is 83.5 Å². The number of carboxylic acid groups (broad SMARTS) is 1. The highest BCUT2D eigenvalue weighted by Crippen LogP contribution is 2.21. The van der Waals surface area contributed by atoms with E-state index in [0.29, 0.717) is 12.1 Å². The molecule has 0 saturated carbocycles. The van der Waals surface area contributed by atoms with Crippen LogP contribution in [-0.2, 0) is 10.0 Å². The van der Waals surface area contributed by atoms with Gasteiger partial charge >= 0.3 is 5.97 Å². The molecule has 0 heterocycles. The number of carboxylic acids is 1. The van der Waals surface area contributed by atoms with Crippen LogP contribution in [0.2, 0.25) is 0 Å². The number of nitrogens with one attached hydrogen (secondary N) is 1. The molecule has 1 rings (SSSR count). The number of benzene rings is 1. The number of sulfonamides is 1. The molecule has 0 radical (unpaired) electrons. The molecular formula is C10H11F2NO4S. The van der Waals surface area contributed by atoms with E-state index in [2.05, 4.69) is 4.72 Å². The first-order valence-corrected chi connectivity index (χ1v) is 6.38. The van der Waals surface area contributed by atoms with Gasteiger partial charge in [-0.1, -0.05) is 0 Å². The van der Waals surface area contributed by atoms with Gasteiger partial charge in [-0.3, -0.25) is 0 Å². The molecule has 1 aromatic carbocycles. The van der Waals surface area contributed by atoms with Crippen LogP contribution in [-0.4, -0.2) is 25.5 Å². The van der Waals surface area contributed by atoms with E-state index >= 15 is 0 Å². The highest BCUT2D eigenvalue weighted by Gasteiger charge is 2.27. The van der Waals surface area contributed by atoms with Crippen LogP contribution in [0.15, 0.2) is 17.0 Å². The zero-order valence-corrected chi connectivity index (χ0v) is 10.4. The average Bonchev–Trinajstić information content (AvgIpc) is 2.13. The van der Waals surface area contributed by atoms with E-state index in [9.17, 15) is 22.0 Å². The Bertz CT molecular complexity index is 584. The Balaban J connectivity index is 3.45. The van der Waals surface area contributed by atoms with Crippen LogP contribution >= 0.6 is 0 Å². The summed E-state index contributed by atoms with van der Waals surface area (Å²) in [4.78, 5) is 9.76. The minimum Gasteiger partial charge on any atom is -0.477 e. The van der Waals surface area contributed by atoms with Crippen LogP contribution in [0.25, 0.3) is 0 Å². The fourth-order valence-corrected chi connectivity index (χ4v) is 2.64. The van der Waals surface area contributed by atoms with E-state index < -0.39 is 44.1 Å². The third-order valence-electron chi connectivity index (χ3n) is 1.95. The number of halogens is 2. The molecule has 1 aromatic rings. The number of hydrogen-bond acceptors (Lipinski definition) is 3. The van der Waals surface area contributed by atoms with Gasteiger partial charge in [0.05, 0.1) is 0 Å². The van der Waals surface area contributed by atoms with E-state index in [1.54, 1.807) is 0 Å². The summed E-state index contributed by atoms with van der Waals surface area (Å²) in [6.07, 6.45) is 0. The normalized spacial score (nSPS) is 11.8. The summed E-state index contributed by atoms with van der Waals surface area (Å²) in [6, 6.07) is 0.774. The fraction of sp³-hybridized carbons (Fsp3) is 0.300. The quantitative estimate of drug-likeness (QED) is 0.871. The molecule has 0 amide bonds. The van der Waals surface area contributed by atoms with E-state index in [4.69, 9.17) is 5.11 Å². The summed E-state index contributed by atoms with van der Waals surface area (Å²) < 4.78 is 52.2. The van der Waals surface area contributed by atoms with Crippen molar-refractivity contribution in [2.75, 3.05) is 0 Å². The molecule has 0 aliphatic rings. The molecule has 0 unspecified atom stereocenters. The Hall–Kier alpha value is -1.54. The maximum absolute atomic E-state index is 13.7. The number of rotatable bonds is 4. The van der Waals surface area contributed by atoms with E-state index in [1.165, 1.54) is 13.8 Å². The Morgan fingerprint density at radius 2 is 1.89 bits per heavy atom. The smallest absolute Gasteiger partial charge is 0.341 e. The van der Waals surface area contributed by atoms with Gasteiger partial charge in [-0.25, -0.2) is 26.7 Å². The lowest BCUT2D eigenvalue weighted by Gasteiger charge is -2.11. The number of carbonyl (C=O) groups is 1. The van der Waals surface area contributed by atoms with Gasteiger partial charge in [0.15, 0.2) is 5.82 Å². The van der Waals surface area contributed by atoms with Gasteiger partial charge < -0.3 is 5.11 Å². The van der Waals surface area contributed by atoms with Crippen molar-refractivity contribution >= 4 is 16.0 Å². The maximum atomic E-state index is 13.7. The van der Waals surface area contributed by atoms with Crippen LogP contribution in [0.5, 0.6) is 0 Å². The Morgan fingerprint density at radius 1 is 1.33 bits per heavy atom. The van der Waals surface area contributed by atoms with Crippen molar-refractivity contribution in [3.63, 3.8) is 0 Å². The number of aromatic carboxylic acids is 1.